The summed E-state index contributed by atoms with van der Waals surface area (Å²) in [6.45, 7) is 2.35. The predicted octanol–water partition coefficient (Wildman–Crippen LogP) is 2.62. The fraction of sp³-hybridized carbons (Fsp3) is 0.389. The first-order valence-electron chi connectivity index (χ1n) is 8.66. The van der Waals surface area contributed by atoms with Crippen molar-refractivity contribution >= 4 is 34.0 Å². The van der Waals surface area contributed by atoms with Crippen LogP contribution >= 0.6 is 11.3 Å². The molecule has 136 valence electrons. The van der Waals surface area contributed by atoms with E-state index in [1.54, 1.807) is 11.3 Å². The van der Waals surface area contributed by atoms with E-state index in [9.17, 15) is 14.0 Å². The molecular weight excluding hydrogens is 355 g/mol. The van der Waals surface area contributed by atoms with Crippen LogP contribution in [-0.2, 0) is 16.1 Å². The highest BCUT2D eigenvalue weighted by atomic mass is 32.1. The topological polar surface area (TPSA) is 74.3 Å². The van der Waals surface area contributed by atoms with Crippen molar-refractivity contribution in [3.05, 3.63) is 40.7 Å². The van der Waals surface area contributed by atoms with E-state index < -0.39 is 11.7 Å². The zero-order valence-corrected chi connectivity index (χ0v) is 14.9. The fourth-order valence-electron chi connectivity index (χ4n) is 3.40. The Bertz CT molecular complexity index is 847. The monoisotopic (exact) mass is 374 g/mol. The molecule has 1 atom stereocenters. The number of halogens is 1. The van der Waals surface area contributed by atoms with Crippen LogP contribution in [0.2, 0.25) is 0 Å². The van der Waals surface area contributed by atoms with Crippen LogP contribution in [0.25, 0.3) is 0 Å². The summed E-state index contributed by atoms with van der Waals surface area (Å²) in [7, 11) is 0. The second kappa shape index (κ2) is 7.03. The molecule has 0 spiro atoms. The maximum atomic E-state index is 13.6. The molecule has 0 radical (unpaired) electrons. The predicted molar refractivity (Wildman–Crippen MR) is 97.8 cm³/mol. The van der Waals surface area contributed by atoms with Crippen molar-refractivity contribution in [2.45, 2.75) is 31.7 Å². The van der Waals surface area contributed by atoms with E-state index in [-0.39, 0.29) is 18.2 Å². The second-order valence-electron chi connectivity index (χ2n) is 6.57. The molecule has 1 fully saturated rings. The summed E-state index contributed by atoms with van der Waals surface area (Å²) < 4.78 is 13.6. The van der Waals surface area contributed by atoms with Crippen molar-refractivity contribution in [3.8, 4) is 0 Å². The smallest absolute Gasteiger partial charge is 0.228 e. The molecule has 4 rings (SSSR count). The first-order chi connectivity index (χ1) is 12.6. The van der Waals surface area contributed by atoms with Gasteiger partial charge in [0.15, 0.2) is 5.13 Å². The Morgan fingerprint density at radius 3 is 3.00 bits per heavy atom. The number of thiazole rings is 1. The Labute approximate surface area is 154 Å². The summed E-state index contributed by atoms with van der Waals surface area (Å²) in [6.07, 6.45) is 2.38. The minimum absolute atomic E-state index is 0.0123. The first-order valence-corrected chi connectivity index (χ1v) is 9.54. The van der Waals surface area contributed by atoms with Crippen LogP contribution in [0.1, 0.15) is 36.4 Å². The van der Waals surface area contributed by atoms with Crippen LogP contribution in [0.4, 0.5) is 15.2 Å². The van der Waals surface area contributed by atoms with Crippen molar-refractivity contribution in [3.63, 3.8) is 0 Å². The van der Waals surface area contributed by atoms with Gasteiger partial charge in [0.2, 0.25) is 11.8 Å². The molecule has 2 amide bonds. The van der Waals surface area contributed by atoms with E-state index in [4.69, 9.17) is 0 Å². The van der Waals surface area contributed by atoms with Gasteiger partial charge in [-0.1, -0.05) is 0 Å². The van der Waals surface area contributed by atoms with Gasteiger partial charge in [0.25, 0.3) is 0 Å². The van der Waals surface area contributed by atoms with Crippen LogP contribution in [0.3, 0.4) is 0 Å². The van der Waals surface area contributed by atoms with Crippen molar-refractivity contribution in [2.24, 2.45) is 0 Å². The van der Waals surface area contributed by atoms with Gasteiger partial charge in [-0.25, -0.2) is 9.37 Å². The Hall–Kier alpha value is -2.48. The number of fused-ring (bicyclic) bond motifs is 1. The molecule has 1 saturated heterocycles. The SMILES string of the molecule is O=C1C[C@H](C(=O)NCc2csc(N3CCCC3)n2)c2cc(F)ccc2N1. The molecule has 1 aromatic heterocycles. The fourth-order valence-corrected chi connectivity index (χ4v) is 4.28. The van der Waals surface area contributed by atoms with Gasteiger partial charge in [-0.15, -0.1) is 11.3 Å². The Morgan fingerprint density at radius 2 is 2.19 bits per heavy atom. The summed E-state index contributed by atoms with van der Waals surface area (Å²) in [5.74, 6) is -1.64. The molecule has 6 nitrogen and oxygen atoms in total. The van der Waals surface area contributed by atoms with Gasteiger partial charge in [-0.05, 0) is 36.6 Å². The average Bonchev–Trinajstić information content (AvgIpc) is 3.30. The highest BCUT2D eigenvalue weighted by Crippen LogP contribution is 2.33. The molecule has 0 unspecified atom stereocenters. The standard InChI is InChI=1S/C18H19FN4O2S/c19-11-3-4-15-13(7-11)14(8-16(24)22-15)17(25)20-9-12-10-26-18(21-12)23-5-1-2-6-23/h3-4,7,10,14H,1-2,5-6,8-9H2,(H,20,25)(H,22,24)/t14-/m0/s1. The Morgan fingerprint density at radius 1 is 1.38 bits per heavy atom. The number of nitrogens with one attached hydrogen (secondary N) is 2. The molecule has 0 aliphatic carbocycles. The van der Waals surface area contributed by atoms with Crippen molar-refractivity contribution in [2.75, 3.05) is 23.3 Å². The lowest BCUT2D eigenvalue weighted by Gasteiger charge is -2.24. The van der Waals surface area contributed by atoms with Crippen LogP contribution in [0.15, 0.2) is 23.6 Å². The molecule has 1 aromatic carbocycles. The second-order valence-corrected chi connectivity index (χ2v) is 7.41. The lowest BCUT2D eigenvalue weighted by molar-refractivity contribution is -0.126. The molecule has 3 heterocycles. The minimum atomic E-state index is -0.689. The lowest BCUT2D eigenvalue weighted by Crippen LogP contribution is -2.34. The maximum Gasteiger partial charge on any atom is 0.228 e. The molecule has 0 saturated carbocycles. The number of benzene rings is 1. The third-order valence-corrected chi connectivity index (χ3v) is 5.68. The van der Waals surface area contributed by atoms with Gasteiger partial charge in [0, 0.05) is 30.6 Å². The van der Waals surface area contributed by atoms with E-state index in [0.29, 0.717) is 17.8 Å². The number of anilines is 2. The van der Waals surface area contributed by atoms with E-state index >= 15 is 0 Å². The molecular formula is C18H19FN4O2S. The van der Waals surface area contributed by atoms with Gasteiger partial charge < -0.3 is 15.5 Å². The number of amides is 2. The van der Waals surface area contributed by atoms with Gasteiger partial charge in [-0.3, -0.25) is 9.59 Å². The summed E-state index contributed by atoms with van der Waals surface area (Å²) in [5.41, 5.74) is 1.80. The van der Waals surface area contributed by atoms with E-state index in [2.05, 4.69) is 20.5 Å². The highest BCUT2D eigenvalue weighted by molar-refractivity contribution is 7.13. The average molecular weight is 374 g/mol. The molecule has 0 bridgehead atoms. The molecule has 26 heavy (non-hydrogen) atoms. The molecule has 8 heteroatoms. The van der Waals surface area contributed by atoms with Crippen molar-refractivity contribution in [1.29, 1.82) is 0 Å². The lowest BCUT2D eigenvalue weighted by atomic mass is 9.89. The van der Waals surface area contributed by atoms with Crippen LogP contribution < -0.4 is 15.5 Å². The number of hydrogen-bond donors (Lipinski definition) is 2. The summed E-state index contributed by atoms with van der Waals surface area (Å²) in [4.78, 5) is 31.3. The van der Waals surface area contributed by atoms with Crippen LogP contribution in [-0.4, -0.2) is 29.9 Å². The third kappa shape index (κ3) is 3.41. The van der Waals surface area contributed by atoms with Gasteiger partial charge in [0.05, 0.1) is 18.2 Å². The number of aromatic nitrogens is 1. The molecule has 2 N–H and O–H groups in total. The van der Waals surface area contributed by atoms with E-state index in [0.717, 1.165) is 23.9 Å². The quantitative estimate of drug-likeness (QED) is 0.863. The normalized spacial score (nSPS) is 19.2. The molecule has 2 aliphatic heterocycles. The van der Waals surface area contributed by atoms with Crippen molar-refractivity contribution in [1.82, 2.24) is 10.3 Å². The van der Waals surface area contributed by atoms with Gasteiger partial charge >= 0.3 is 0 Å². The Kier molecular flexibility index (Phi) is 4.58. The Balaban J connectivity index is 1.44. The summed E-state index contributed by atoms with van der Waals surface area (Å²) in [5, 5.41) is 8.44. The van der Waals surface area contributed by atoms with Crippen molar-refractivity contribution < 1.29 is 14.0 Å². The van der Waals surface area contributed by atoms with Crippen LogP contribution in [0, 0.1) is 5.82 Å². The van der Waals surface area contributed by atoms with E-state index in [1.807, 2.05) is 5.38 Å². The number of carbonyl (C=O) groups is 2. The summed E-state index contributed by atoms with van der Waals surface area (Å²) in [6, 6.07) is 4.08. The largest absolute Gasteiger partial charge is 0.350 e. The minimum Gasteiger partial charge on any atom is -0.350 e. The number of hydrogen-bond acceptors (Lipinski definition) is 5. The number of nitrogens with zero attached hydrogens (tertiary/aromatic N) is 2. The number of rotatable bonds is 4. The zero-order chi connectivity index (χ0) is 18.1. The first kappa shape index (κ1) is 17.0. The summed E-state index contributed by atoms with van der Waals surface area (Å²) >= 11 is 1.57. The molecule has 2 aliphatic rings. The molecule has 2 aromatic rings. The third-order valence-electron chi connectivity index (χ3n) is 4.73. The van der Waals surface area contributed by atoms with E-state index in [1.165, 1.54) is 31.0 Å². The van der Waals surface area contributed by atoms with Gasteiger partial charge in [0.1, 0.15) is 5.82 Å². The van der Waals surface area contributed by atoms with Crippen LogP contribution in [0.5, 0.6) is 0 Å². The van der Waals surface area contributed by atoms with Gasteiger partial charge in [-0.2, -0.15) is 0 Å². The number of carbonyl (C=O) groups excluding carboxylic acids is 2. The highest BCUT2D eigenvalue weighted by Gasteiger charge is 2.31. The maximum absolute atomic E-state index is 13.6. The zero-order valence-electron chi connectivity index (χ0n) is 14.1.